The van der Waals surface area contributed by atoms with Gasteiger partial charge in [-0.25, -0.2) is 4.90 Å². The number of nitrogens with zero attached hydrogens (tertiary/aromatic N) is 3. The van der Waals surface area contributed by atoms with Crippen molar-refractivity contribution in [2.24, 2.45) is 0 Å². The molecule has 2 aliphatic heterocycles. The highest BCUT2D eigenvalue weighted by atomic mass is 16.2. The lowest BCUT2D eigenvalue weighted by Crippen LogP contribution is -2.55. The number of amides is 2. The first-order chi connectivity index (χ1) is 14.6. The van der Waals surface area contributed by atoms with Crippen LogP contribution in [-0.2, 0) is 22.4 Å². The summed E-state index contributed by atoms with van der Waals surface area (Å²) in [6, 6.07) is 16.7. The summed E-state index contributed by atoms with van der Waals surface area (Å²) in [6.45, 7) is 5.64. The van der Waals surface area contributed by atoms with Crippen LogP contribution in [0, 0.1) is 6.92 Å². The van der Waals surface area contributed by atoms with Crippen molar-refractivity contribution in [3.8, 4) is 0 Å². The fourth-order valence-corrected chi connectivity index (χ4v) is 5.27. The van der Waals surface area contributed by atoms with Crippen LogP contribution in [0.15, 0.2) is 48.5 Å². The van der Waals surface area contributed by atoms with Gasteiger partial charge in [0, 0.05) is 32.2 Å². The minimum atomic E-state index is -0.312. The third-order valence-corrected chi connectivity index (χ3v) is 7.04. The summed E-state index contributed by atoms with van der Waals surface area (Å²) in [5.74, 6) is -0.149. The molecule has 2 aromatic carbocycles. The van der Waals surface area contributed by atoms with Crippen LogP contribution < -0.4 is 4.90 Å². The fourth-order valence-electron chi connectivity index (χ4n) is 5.27. The molecule has 0 bridgehead atoms. The van der Waals surface area contributed by atoms with Gasteiger partial charge in [-0.05, 0) is 49.4 Å². The first kappa shape index (κ1) is 19.5. The van der Waals surface area contributed by atoms with Gasteiger partial charge in [0.15, 0.2) is 0 Å². The highest BCUT2D eigenvalue weighted by molar-refractivity contribution is 6.22. The van der Waals surface area contributed by atoms with Gasteiger partial charge in [-0.1, -0.05) is 42.0 Å². The Kier molecular flexibility index (Phi) is 5.17. The SMILES string of the molecule is Cc1ccc(N2C(=O)C[C@H](N3CCN([C@H]4CCc5ccccc5C4)CC3)C2=O)cc1. The van der Waals surface area contributed by atoms with Crippen LogP contribution >= 0.6 is 0 Å². The van der Waals surface area contributed by atoms with Gasteiger partial charge in [0.2, 0.25) is 5.91 Å². The summed E-state index contributed by atoms with van der Waals surface area (Å²) in [7, 11) is 0. The zero-order valence-electron chi connectivity index (χ0n) is 17.6. The Hall–Kier alpha value is -2.50. The second-order valence-electron chi connectivity index (χ2n) is 8.86. The molecular weight excluding hydrogens is 374 g/mol. The number of rotatable bonds is 3. The van der Waals surface area contributed by atoms with E-state index in [9.17, 15) is 9.59 Å². The smallest absolute Gasteiger partial charge is 0.251 e. The summed E-state index contributed by atoms with van der Waals surface area (Å²) >= 11 is 0. The maximum absolute atomic E-state index is 13.1. The number of piperazine rings is 1. The Morgan fingerprint density at radius 3 is 2.20 bits per heavy atom. The van der Waals surface area contributed by atoms with Crippen molar-refractivity contribution in [1.82, 2.24) is 9.80 Å². The summed E-state index contributed by atoms with van der Waals surface area (Å²) in [4.78, 5) is 31.9. The zero-order valence-corrected chi connectivity index (χ0v) is 17.6. The molecule has 2 fully saturated rings. The molecule has 5 nitrogen and oxygen atoms in total. The Bertz CT molecular complexity index is 947. The maximum atomic E-state index is 13.1. The minimum absolute atomic E-state index is 0.0658. The Labute approximate surface area is 178 Å². The number of hydrogen-bond acceptors (Lipinski definition) is 4. The molecule has 0 N–H and O–H groups in total. The lowest BCUT2D eigenvalue weighted by Gasteiger charge is -2.42. The van der Waals surface area contributed by atoms with Crippen LogP contribution in [0.5, 0.6) is 0 Å². The third-order valence-electron chi connectivity index (χ3n) is 7.04. The van der Waals surface area contributed by atoms with Crippen LogP contribution in [0.2, 0.25) is 0 Å². The molecule has 0 aromatic heterocycles. The van der Waals surface area contributed by atoms with Crippen LogP contribution in [0.1, 0.15) is 29.5 Å². The highest BCUT2D eigenvalue weighted by Gasteiger charge is 2.43. The highest BCUT2D eigenvalue weighted by Crippen LogP contribution is 2.29. The molecule has 0 spiro atoms. The van der Waals surface area contributed by atoms with Crippen molar-refractivity contribution in [3.63, 3.8) is 0 Å². The van der Waals surface area contributed by atoms with Gasteiger partial charge in [-0.2, -0.15) is 0 Å². The lowest BCUT2D eigenvalue weighted by molar-refractivity contribution is -0.123. The molecule has 156 valence electrons. The molecule has 30 heavy (non-hydrogen) atoms. The predicted molar refractivity (Wildman–Crippen MR) is 117 cm³/mol. The number of hydrogen-bond donors (Lipinski definition) is 0. The van der Waals surface area contributed by atoms with E-state index in [1.165, 1.54) is 22.4 Å². The molecule has 0 radical (unpaired) electrons. The number of benzene rings is 2. The maximum Gasteiger partial charge on any atom is 0.251 e. The first-order valence-electron chi connectivity index (χ1n) is 11.1. The standard InChI is InChI=1S/C25H29N3O2/c1-18-6-9-21(10-7-18)28-24(29)17-23(25(28)30)27-14-12-26(13-15-27)22-11-8-19-4-2-3-5-20(19)16-22/h2-7,9-10,22-23H,8,11-17H2,1H3/t22-,23-/m0/s1. The van der Waals surface area contributed by atoms with E-state index >= 15 is 0 Å². The second-order valence-corrected chi connectivity index (χ2v) is 8.86. The van der Waals surface area contributed by atoms with Gasteiger partial charge in [0.25, 0.3) is 5.91 Å². The Morgan fingerprint density at radius 1 is 0.800 bits per heavy atom. The molecule has 0 unspecified atom stereocenters. The van der Waals surface area contributed by atoms with Crippen molar-refractivity contribution in [3.05, 3.63) is 65.2 Å². The van der Waals surface area contributed by atoms with Gasteiger partial charge >= 0.3 is 0 Å². The van der Waals surface area contributed by atoms with E-state index in [0.717, 1.165) is 44.6 Å². The van der Waals surface area contributed by atoms with Crippen molar-refractivity contribution in [2.75, 3.05) is 31.1 Å². The van der Waals surface area contributed by atoms with Gasteiger partial charge in [0.05, 0.1) is 18.2 Å². The van der Waals surface area contributed by atoms with Gasteiger partial charge in [-0.15, -0.1) is 0 Å². The molecule has 1 aliphatic carbocycles. The molecule has 2 atom stereocenters. The number of fused-ring (bicyclic) bond motifs is 1. The molecule has 2 heterocycles. The second kappa shape index (κ2) is 7.97. The monoisotopic (exact) mass is 403 g/mol. The fraction of sp³-hybridized carbons (Fsp3) is 0.440. The third kappa shape index (κ3) is 3.57. The summed E-state index contributed by atoms with van der Waals surface area (Å²) in [6.07, 6.45) is 3.78. The molecular formula is C25H29N3O2. The van der Waals surface area contributed by atoms with E-state index in [2.05, 4.69) is 34.1 Å². The molecule has 2 aromatic rings. The quantitative estimate of drug-likeness (QED) is 0.740. The average molecular weight is 404 g/mol. The van der Waals surface area contributed by atoms with Crippen molar-refractivity contribution in [2.45, 2.75) is 44.7 Å². The number of carbonyl (C=O) groups is 2. The van der Waals surface area contributed by atoms with E-state index in [1.807, 2.05) is 31.2 Å². The summed E-state index contributed by atoms with van der Waals surface area (Å²) < 4.78 is 0. The minimum Gasteiger partial charge on any atom is -0.298 e. The lowest BCUT2D eigenvalue weighted by atomic mass is 9.87. The van der Waals surface area contributed by atoms with E-state index in [-0.39, 0.29) is 17.9 Å². The molecule has 5 rings (SSSR count). The van der Waals surface area contributed by atoms with Crippen molar-refractivity contribution in [1.29, 1.82) is 0 Å². The summed E-state index contributed by atoms with van der Waals surface area (Å²) in [5, 5.41) is 0. The largest absolute Gasteiger partial charge is 0.298 e. The molecule has 0 saturated carbocycles. The zero-order chi connectivity index (χ0) is 20.7. The van der Waals surface area contributed by atoms with E-state index in [4.69, 9.17) is 0 Å². The van der Waals surface area contributed by atoms with Crippen molar-refractivity contribution < 1.29 is 9.59 Å². The number of imide groups is 1. The van der Waals surface area contributed by atoms with Crippen molar-refractivity contribution >= 4 is 17.5 Å². The van der Waals surface area contributed by atoms with E-state index < -0.39 is 0 Å². The van der Waals surface area contributed by atoms with Crippen LogP contribution in [0.3, 0.4) is 0 Å². The van der Waals surface area contributed by atoms with Crippen LogP contribution in [0.25, 0.3) is 0 Å². The van der Waals surface area contributed by atoms with Gasteiger partial charge in [0.1, 0.15) is 0 Å². The van der Waals surface area contributed by atoms with Crippen LogP contribution in [0.4, 0.5) is 5.69 Å². The Balaban J connectivity index is 1.21. The number of carbonyl (C=O) groups excluding carboxylic acids is 2. The Morgan fingerprint density at radius 2 is 1.47 bits per heavy atom. The first-order valence-corrected chi connectivity index (χ1v) is 11.1. The van der Waals surface area contributed by atoms with E-state index in [1.54, 1.807) is 0 Å². The van der Waals surface area contributed by atoms with Crippen LogP contribution in [-0.4, -0.2) is 59.9 Å². The molecule has 5 heteroatoms. The van der Waals surface area contributed by atoms with E-state index in [0.29, 0.717) is 18.2 Å². The number of anilines is 1. The average Bonchev–Trinajstić information content (AvgIpc) is 3.08. The number of aryl methyl sites for hydroxylation is 2. The molecule has 2 saturated heterocycles. The van der Waals surface area contributed by atoms with Gasteiger partial charge in [-0.3, -0.25) is 19.4 Å². The normalized spacial score (nSPS) is 25.6. The summed E-state index contributed by atoms with van der Waals surface area (Å²) in [5.41, 5.74) is 4.80. The predicted octanol–water partition coefficient (Wildman–Crippen LogP) is 2.80. The van der Waals surface area contributed by atoms with Gasteiger partial charge < -0.3 is 0 Å². The topological polar surface area (TPSA) is 43.9 Å². The molecule has 2 amide bonds. The molecule has 3 aliphatic rings.